The first-order chi connectivity index (χ1) is 7.77. The van der Waals surface area contributed by atoms with E-state index in [-0.39, 0.29) is 11.9 Å². The number of carbonyl (C=O) groups excluding carboxylic acids is 1. The van der Waals surface area contributed by atoms with Crippen LogP contribution in [0.4, 0.5) is 0 Å². The Kier molecular flexibility index (Phi) is 6.37. The molecule has 0 aromatic rings. The fraction of sp³-hybridized carbons (Fsp3) is 0.909. The highest BCUT2D eigenvalue weighted by molar-refractivity contribution is 5.82. The maximum atomic E-state index is 11.7. The van der Waals surface area contributed by atoms with E-state index < -0.39 is 0 Å². The fourth-order valence-corrected chi connectivity index (χ4v) is 1.84. The van der Waals surface area contributed by atoms with Crippen LogP contribution in [0.2, 0.25) is 0 Å². The van der Waals surface area contributed by atoms with Crippen molar-refractivity contribution >= 4 is 5.91 Å². The third-order valence-electron chi connectivity index (χ3n) is 2.98. The number of nitrogens with zero attached hydrogens (tertiary/aromatic N) is 1. The molecule has 1 saturated heterocycles. The lowest BCUT2D eigenvalue weighted by Gasteiger charge is -2.24. The van der Waals surface area contributed by atoms with Gasteiger partial charge < -0.3 is 20.9 Å². The molecule has 1 rings (SSSR count). The molecule has 0 radical (unpaired) electrons. The molecule has 0 saturated carbocycles. The van der Waals surface area contributed by atoms with Gasteiger partial charge in [-0.15, -0.1) is 0 Å². The molecule has 16 heavy (non-hydrogen) atoms. The summed E-state index contributed by atoms with van der Waals surface area (Å²) in [5, 5.41) is 9.37. The highest BCUT2D eigenvalue weighted by atomic mass is 16.2. The topological polar surface area (TPSA) is 56.4 Å². The third kappa shape index (κ3) is 4.47. The minimum Gasteiger partial charge on any atom is -0.353 e. The number of likely N-dealkylation sites (N-methyl/N-ethyl adjacent to an activating group) is 1. The van der Waals surface area contributed by atoms with Crippen LogP contribution in [0.15, 0.2) is 0 Å². The van der Waals surface area contributed by atoms with Gasteiger partial charge in [0.05, 0.1) is 6.04 Å². The summed E-state index contributed by atoms with van der Waals surface area (Å²) in [5.41, 5.74) is 0. The number of piperazine rings is 1. The van der Waals surface area contributed by atoms with Crippen molar-refractivity contribution in [3.8, 4) is 0 Å². The van der Waals surface area contributed by atoms with Gasteiger partial charge in [0.15, 0.2) is 0 Å². The van der Waals surface area contributed by atoms with Gasteiger partial charge in [-0.3, -0.25) is 4.79 Å². The second-order valence-electron chi connectivity index (χ2n) is 4.03. The first kappa shape index (κ1) is 13.4. The lowest BCUT2D eigenvalue weighted by molar-refractivity contribution is -0.123. The van der Waals surface area contributed by atoms with Crippen LogP contribution in [-0.4, -0.2) is 62.7 Å². The van der Waals surface area contributed by atoms with Gasteiger partial charge in [0, 0.05) is 32.7 Å². The monoisotopic (exact) mass is 228 g/mol. The molecule has 1 atom stereocenters. The molecule has 5 heteroatoms. The van der Waals surface area contributed by atoms with Crippen molar-refractivity contribution in [2.24, 2.45) is 0 Å². The van der Waals surface area contributed by atoms with Gasteiger partial charge in [0.2, 0.25) is 5.91 Å². The number of rotatable bonds is 6. The number of hydrogen-bond acceptors (Lipinski definition) is 4. The van der Waals surface area contributed by atoms with Crippen LogP contribution in [0.1, 0.15) is 13.8 Å². The molecule has 0 aromatic heterocycles. The average Bonchev–Trinajstić information content (AvgIpc) is 2.35. The zero-order valence-electron chi connectivity index (χ0n) is 10.4. The number of nitrogens with one attached hydrogen (secondary N) is 3. The Morgan fingerprint density at radius 1 is 1.38 bits per heavy atom. The maximum absolute atomic E-state index is 11.7. The van der Waals surface area contributed by atoms with E-state index in [1.165, 1.54) is 0 Å². The summed E-state index contributed by atoms with van der Waals surface area (Å²) in [4.78, 5) is 14.0. The van der Waals surface area contributed by atoms with E-state index >= 15 is 0 Å². The van der Waals surface area contributed by atoms with Gasteiger partial charge in [-0.2, -0.15) is 0 Å². The number of carbonyl (C=O) groups is 1. The van der Waals surface area contributed by atoms with Gasteiger partial charge in [-0.05, 0) is 13.1 Å². The highest BCUT2D eigenvalue weighted by Gasteiger charge is 2.19. The van der Waals surface area contributed by atoms with Crippen molar-refractivity contribution in [2.45, 2.75) is 19.9 Å². The van der Waals surface area contributed by atoms with Crippen LogP contribution in [0.25, 0.3) is 0 Å². The smallest absolute Gasteiger partial charge is 0.238 e. The molecule has 3 N–H and O–H groups in total. The molecule has 94 valence electrons. The quantitative estimate of drug-likeness (QED) is 0.546. The number of hydrogen-bond donors (Lipinski definition) is 3. The normalized spacial score (nSPS) is 21.1. The molecule has 1 heterocycles. The predicted molar refractivity (Wildman–Crippen MR) is 65.5 cm³/mol. The first-order valence-electron chi connectivity index (χ1n) is 6.22. The van der Waals surface area contributed by atoms with Crippen molar-refractivity contribution in [1.82, 2.24) is 20.9 Å². The molecule has 5 nitrogen and oxygen atoms in total. The van der Waals surface area contributed by atoms with Crippen molar-refractivity contribution in [2.75, 3.05) is 45.8 Å². The molecule has 0 aromatic carbocycles. The molecule has 1 aliphatic rings. The minimum absolute atomic E-state index is 0.0644. The van der Waals surface area contributed by atoms with Gasteiger partial charge >= 0.3 is 0 Å². The molecule has 0 aliphatic carbocycles. The van der Waals surface area contributed by atoms with Gasteiger partial charge in [-0.25, -0.2) is 0 Å². The highest BCUT2D eigenvalue weighted by Crippen LogP contribution is 1.88. The van der Waals surface area contributed by atoms with Crippen LogP contribution in [-0.2, 0) is 4.79 Å². The SMILES string of the molecule is CCN(CC)CCNC(=O)C1CNCCN1. The van der Waals surface area contributed by atoms with Gasteiger partial charge in [0.25, 0.3) is 0 Å². The van der Waals surface area contributed by atoms with Gasteiger partial charge in [-0.1, -0.05) is 13.8 Å². The van der Waals surface area contributed by atoms with Crippen LogP contribution in [0.5, 0.6) is 0 Å². The Hall–Kier alpha value is -0.650. The van der Waals surface area contributed by atoms with Crippen molar-refractivity contribution < 1.29 is 4.79 Å². The second-order valence-corrected chi connectivity index (χ2v) is 4.03. The number of amides is 1. The Balaban J connectivity index is 2.13. The summed E-state index contributed by atoms with van der Waals surface area (Å²) in [6.07, 6.45) is 0. The lowest BCUT2D eigenvalue weighted by atomic mass is 10.2. The van der Waals surface area contributed by atoms with E-state index in [0.29, 0.717) is 0 Å². The summed E-state index contributed by atoms with van der Waals surface area (Å²) in [6.45, 7) is 10.6. The molecule has 1 aliphatic heterocycles. The van der Waals surface area contributed by atoms with E-state index in [0.717, 1.165) is 45.8 Å². The van der Waals surface area contributed by atoms with Crippen molar-refractivity contribution in [3.05, 3.63) is 0 Å². The molecule has 1 amide bonds. The molecule has 0 bridgehead atoms. The lowest BCUT2D eigenvalue weighted by Crippen LogP contribution is -2.56. The first-order valence-corrected chi connectivity index (χ1v) is 6.22. The summed E-state index contributed by atoms with van der Waals surface area (Å²) >= 11 is 0. The van der Waals surface area contributed by atoms with E-state index in [1.54, 1.807) is 0 Å². The molecular weight excluding hydrogens is 204 g/mol. The summed E-state index contributed by atoms with van der Waals surface area (Å²) in [7, 11) is 0. The van der Waals surface area contributed by atoms with E-state index in [1.807, 2.05) is 0 Å². The van der Waals surface area contributed by atoms with Crippen LogP contribution in [0, 0.1) is 0 Å². The second kappa shape index (κ2) is 7.60. The summed E-state index contributed by atoms with van der Waals surface area (Å²) in [5.74, 6) is 0.111. The predicted octanol–water partition coefficient (Wildman–Crippen LogP) is -0.994. The zero-order valence-corrected chi connectivity index (χ0v) is 10.4. The van der Waals surface area contributed by atoms with Crippen LogP contribution in [0.3, 0.4) is 0 Å². The Labute approximate surface area is 98.0 Å². The Bertz CT molecular complexity index is 200. The molecule has 1 unspecified atom stereocenters. The van der Waals surface area contributed by atoms with E-state index in [9.17, 15) is 4.79 Å². The average molecular weight is 228 g/mol. The summed E-state index contributed by atoms with van der Waals surface area (Å²) in [6, 6.07) is -0.0644. The van der Waals surface area contributed by atoms with E-state index in [2.05, 4.69) is 34.7 Å². The fourth-order valence-electron chi connectivity index (χ4n) is 1.84. The minimum atomic E-state index is -0.0644. The van der Waals surface area contributed by atoms with Crippen LogP contribution < -0.4 is 16.0 Å². The molecule has 1 fully saturated rings. The zero-order chi connectivity index (χ0) is 11.8. The van der Waals surface area contributed by atoms with Crippen molar-refractivity contribution in [1.29, 1.82) is 0 Å². The molecule has 0 spiro atoms. The maximum Gasteiger partial charge on any atom is 0.238 e. The van der Waals surface area contributed by atoms with Crippen molar-refractivity contribution in [3.63, 3.8) is 0 Å². The largest absolute Gasteiger partial charge is 0.353 e. The summed E-state index contributed by atoms with van der Waals surface area (Å²) < 4.78 is 0. The van der Waals surface area contributed by atoms with Gasteiger partial charge in [0.1, 0.15) is 0 Å². The molecular formula is C11H24N4O. The Morgan fingerprint density at radius 3 is 2.69 bits per heavy atom. The third-order valence-corrected chi connectivity index (χ3v) is 2.98. The standard InChI is InChI=1S/C11H24N4O/c1-3-15(4-2)8-7-14-11(16)10-9-12-5-6-13-10/h10,12-13H,3-9H2,1-2H3,(H,14,16). The van der Waals surface area contributed by atoms with Crippen LogP contribution >= 0.6 is 0 Å². The Morgan fingerprint density at radius 2 is 2.12 bits per heavy atom. The van der Waals surface area contributed by atoms with E-state index in [4.69, 9.17) is 0 Å².